The zero-order valence-corrected chi connectivity index (χ0v) is 15.5. The van der Waals surface area contributed by atoms with Crippen molar-refractivity contribution >= 4 is 27.3 Å². The first-order chi connectivity index (χ1) is 12.0. The molecule has 1 amide bonds. The molecule has 6 nitrogen and oxygen atoms in total. The number of sulfonamides is 1. The summed E-state index contributed by atoms with van der Waals surface area (Å²) in [4.78, 5) is 12.9. The van der Waals surface area contributed by atoms with Crippen LogP contribution in [0.25, 0.3) is 0 Å². The summed E-state index contributed by atoms with van der Waals surface area (Å²) in [6.45, 7) is 3.50. The first-order valence-corrected chi connectivity index (χ1v) is 10.7. The lowest BCUT2D eigenvalue weighted by atomic mass is 9.67. The highest BCUT2D eigenvalue weighted by molar-refractivity contribution is 7.92. The van der Waals surface area contributed by atoms with E-state index in [0.29, 0.717) is 23.7 Å². The van der Waals surface area contributed by atoms with Gasteiger partial charge in [-0.2, -0.15) is 0 Å². The number of hydrogen-bond donors (Lipinski definition) is 3. The number of anilines is 2. The molecule has 0 unspecified atom stereocenters. The van der Waals surface area contributed by atoms with Crippen LogP contribution in [-0.4, -0.2) is 33.2 Å². The van der Waals surface area contributed by atoms with Crippen LogP contribution in [0, 0.1) is 11.3 Å². The van der Waals surface area contributed by atoms with Crippen molar-refractivity contribution < 1.29 is 13.2 Å². The molecule has 1 aromatic carbocycles. The highest BCUT2D eigenvalue weighted by Gasteiger charge is 2.49. The molecule has 0 bridgehead atoms. The first-order valence-electron chi connectivity index (χ1n) is 9.08. The molecular weight excluding hydrogens is 338 g/mol. The van der Waals surface area contributed by atoms with Gasteiger partial charge in [0.25, 0.3) is 0 Å². The number of nitrogens with one attached hydrogen (secondary N) is 3. The number of rotatable bonds is 6. The zero-order valence-electron chi connectivity index (χ0n) is 14.7. The summed E-state index contributed by atoms with van der Waals surface area (Å²) in [5.74, 6) is 0.602. The van der Waals surface area contributed by atoms with E-state index in [1.807, 2.05) is 6.92 Å². The fourth-order valence-electron chi connectivity index (χ4n) is 4.07. The molecule has 3 rings (SSSR count). The van der Waals surface area contributed by atoms with Crippen molar-refractivity contribution in [2.45, 2.75) is 39.0 Å². The Balaban J connectivity index is 1.66. The minimum absolute atomic E-state index is 0.0847. The Morgan fingerprint density at radius 3 is 2.68 bits per heavy atom. The van der Waals surface area contributed by atoms with Gasteiger partial charge in [-0.25, -0.2) is 8.42 Å². The molecule has 2 atom stereocenters. The van der Waals surface area contributed by atoms with Gasteiger partial charge in [0.15, 0.2) is 0 Å². The van der Waals surface area contributed by atoms with Crippen LogP contribution >= 0.6 is 0 Å². The van der Waals surface area contributed by atoms with Gasteiger partial charge < -0.3 is 10.6 Å². The second-order valence-corrected chi connectivity index (χ2v) is 9.02. The highest BCUT2D eigenvalue weighted by atomic mass is 32.2. The van der Waals surface area contributed by atoms with Crippen LogP contribution in [0.15, 0.2) is 24.3 Å². The number of amides is 1. The molecule has 0 spiro atoms. The summed E-state index contributed by atoms with van der Waals surface area (Å²) in [5, 5.41) is 6.41. The maximum Gasteiger partial charge on any atom is 0.232 e. The van der Waals surface area contributed by atoms with Crippen molar-refractivity contribution in [1.82, 2.24) is 5.32 Å². The quantitative estimate of drug-likeness (QED) is 0.723. The van der Waals surface area contributed by atoms with Crippen LogP contribution in [0.3, 0.4) is 0 Å². The topological polar surface area (TPSA) is 87.3 Å². The van der Waals surface area contributed by atoms with Crippen LogP contribution in [0.2, 0.25) is 0 Å². The van der Waals surface area contributed by atoms with Crippen molar-refractivity contribution in [2.75, 3.05) is 28.9 Å². The predicted molar refractivity (Wildman–Crippen MR) is 100 cm³/mol. The number of benzene rings is 1. The standard InChI is InChI=1S/C18H27N3O3S/c1-2-11-25(23,24)21-16-8-6-15(7-9-16)20-17(22)18-10-4-3-5-14(18)12-19-13-18/h6-9,14,19,21H,2-5,10-13H2,1H3,(H,20,22)/t14-,18+/m0/s1. The minimum Gasteiger partial charge on any atom is -0.326 e. The number of fused-ring (bicyclic) bond motifs is 1. The Labute approximate surface area is 149 Å². The molecule has 2 aliphatic rings. The van der Waals surface area contributed by atoms with Gasteiger partial charge in [0.05, 0.1) is 11.2 Å². The van der Waals surface area contributed by atoms with E-state index < -0.39 is 10.0 Å². The Hall–Kier alpha value is -1.60. The number of hydrogen-bond acceptors (Lipinski definition) is 4. The van der Waals surface area contributed by atoms with Gasteiger partial charge in [-0.3, -0.25) is 9.52 Å². The van der Waals surface area contributed by atoms with Gasteiger partial charge >= 0.3 is 0 Å². The van der Waals surface area contributed by atoms with E-state index in [0.717, 1.165) is 32.4 Å². The van der Waals surface area contributed by atoms with Crippen LogP contribution in [-0.2, 0) is 14.8 Å². The van der Waals surface area contributed by atoms with Gasteiger partial charge in [0.2, 0.25) is 15.9 Å². The molecule has 1 aromatic rings. The van der Waals surface area contributed by atoms with Crippen LogP contribution in [0.5, 0.6) is 0 Å². The smallest absolute Gasteiger partial charge is 0.232 e. The Morgan fingerprint density at radius 2 is 1.96 bits per heavy atom. The summed E-state index contributed by atoms with van der Waals surface area (Å²) in [5.41, 5.74) is 0.927. The van der Waals surface area contributed by atoms with Crippen LogP contribution < -0.4 is 15.4 Å². The second-order valence-electron chi connectivity index (χ2n) is 7.18. The third-order valence-electron chi connectivity index (χ3n) is 5.38. The Morgan fingerprint density at radius 1 is 1.24 bits per heavy atom. The largest absolute Gasteiger partial charge is 0.326 e. The van der Waals surface area contributed by atoms with Crippen molar-refractivity contribution in [2.24, 2.45) is 11.3 Å². The molecule has 138 valence electrons. The third-order valence-corrected chi connectivity index (χ3v) is 6.87. The van der Waals surface area contributed by atoms with Gasteiger partial charge in [-0.15, -0.1) is 0 Å². The molecule has 1 aliphatic heterocycles. The lowest BCUT2D eigenvalue weighted by molar-refractivity contribution is -0.128. The van der Waals surface area contributed by atoms with Crippen molar-refractivity contribution in [3.05, 3.63) is 24.3 Å². The Kier molecular flexibility index (Phi) is 5.34. The van der Waals surface area contributed by atoms with Crippen molar-refractivity contribution in [1.29, 1.82) is 0 Å². The van der Waals surface area contributed by atoms with Gasteiger partial charge in [-0.05, 0) is 56.0 Å². The maximum atomic E-state index is 12.9. The molecular formula is C18H27N3O3S. The van der Waals surface area contributed by atoms with E-state index in [4.69, 9.17) is 0 Å². The molecule has 1 saturated heterocycles. The van der Waals surface area contributed by atoms with E-state index in [9.17, 15) is 13.2 Å². The summed E-state index contributed by atoms with van der Waals surface area (Å²) in [6, 6.07) is 6.87. The molecule has 1 heterocycles. The van der Waals surface area contributed by atoms with E-state index in [-0.39, 0.29) is 17.1 Å². The monoisotopic (exact) mass is 365 g/mol. The molecule has 1 saturated carbocycles. The van der Waals surface area contributed by atoms with Gasteiger partial charge in [0, 0.05) is 17.9 Å². The SMILES string of the molecule is CCCS(=O)(=O)Nc1ccc(NC(=O)[C@@]23CCCC[C@H]2CNC3)cc1. The average molecular weight is 365 g/mol. The molecule has 0 radical (unpaired) electrons. The minimum atomic E-state index is -3.30. The molecule has 1 aliphatic carbocycles. The van der Waals surface area contributed by atoms with Gasteiger partial charge in [0.1, 0.15) is 0 Å². The summed E-state index contributed by atoms with van der Waals surface area (Å²) in [7, 11) is -3.30. The lowest BCUT2D eigenvalue weighted by Crippen LogP contribution is -2.44. The molecule has 2 fully saturated rings. The number of carbonyl (C=O) groups is 1. The van der Waals surface area contributed by atoms with E-state index in [1.54, 1.807) is 24.3 Å². The molecule has 7 heteroatoms. The van der Waals surface area contributed by atoms with E-state index in [2.05, 4.69) is 15.4 Å². The predicted octanol–water partition coefficient (Wildman–Crippen LogP) is 2.56. The molecule has 3 N–H and O–H groups in total. The maximum absolute atomic E-state index is 12.9. The zero-order chi connectivity index (χ0) is 17.9. The lowest BCUT2D eigenvalue weighted by Gasteiger charge is -2.37. The number of carbonyl (C=O) groups excluding carboxylic acids is 1. The fourth-order valence-corrected chi connectivity index (χ4v) is 5.20. The normalized spacial score (nSPS) is 26.0. The Bertz CT molecular complexity index is 718. The molecule has 0 aromatic heterocycles. The van der Waals surface area contributed by atoms with Crippen LogP contribution in [0.4, 0.5) is 11.4 Å². The fraction of sp³-hybridized carbons (Fsp3) is 0.611. The summed E-state index contributed by atoms with van der Waals surface area (Å²) < 4.78 is 26.2. The average Bonchev–Trinajstić information content (AvgIpc) is 3.01. The van der Waals surface area contributed by atoms with Crippen LogP contribution in [0.1, 0.15) is 39.0 Å². The first kappa shape index (κ1) is 18.2. The second kappa shape index (κ2) is 7.33. The summed E-state index contributed by atoms with van der Waals surface area (Å²) in [6.07, 6.45) is 4.92. The van der Waals surface area contributed by atoms with E-state index in [1.165, 1.54) is 6.42 Å². The third kappa shape index (κ3) is 3.98. The van der Waals surface area contributed by atoms with E-state index >= 15 is 0 Å². The highest BCUT2D eigenvalue weighted by Crippen LogP contribution is 2.44. The summed E-state index contributed by atoms with van der Waals surface area (Å²) >= 11 is 0. The van der Waals surface area contributed by atoms with Gasteiger partial charge in [-0.1, -0.05) is 19.8 Å². The van der Waals surface area contributed by atoms with Crippen molar-refractivity contribution in [3.63, 3.8) is 0 Å². The molecule has 25 heavy (non-hydrogen) atoms. The van der Waals surface area contributed by atoms with Crippen molar-refractivity contribution in [3.8, 4) is 0 Å².